The van der Waals surface area contributed by atoms with Crippen molar-refractivity contribution in [2.24, 2.45) is 0 Å². The molecule has 3 nitrogen and oxygen atoms in total. The standard InChI is InChI=1S/C5H11N2O.F6P/c1-6(2)4-5-7(3)8;1-7(2,3,4,5)6/h4-5H,1-3H3;/q+1;-1. The van der Waals surface area contributed by atoms with Gasteiger partial charge in [-0.05, 0) is 0 Å². The van der Waals surface area contributed by atoms with Crippen LogP contribution in [-0.4, -0.2) is 42.9 Å². The van der Waals surface area contributed by atoms with Crippen LogP contribution < -0.4 is 0 Å². The van der Waals surface area contributed by atoms with Gasteiger partial charge in [-0.1, -0.05) is 0 Å². The normalized spacial score (nSPS) is 16.7. The predicted molar refractivity (Wildman–Crippen MR) is 47.4 cm³/mol. The zero-order valence-electron chi connectivity index (χ0n) is 8.17. The Morgan fingerprint density at radius 1 is 0.867 bits per heavy atom. The summed E-state index contributed by atoms with van der Waals surface area (Å²) < 4.78 is 61.7. The second-order valence-corrected chi connectivity index (χ2v) is 4.68. The minimum atomic E-state index is -10.7. The summed E-state index contributed by atoms with van der Waals surface area (Å²) in [5.74, 6) is 0. The summed E-state index contributed by atoms with van der Waals surface area (Å²) in [6.07, 6.45) is 3.13. The fourth-order valence-corrected chi connectivity index (χ4v) is 0.227. The molecule has 0 saturated carbocycles. The maximum atomic E-state index is 10.2. The van der Waals surface area contributed by atoms with Gasteiger partial charge in [-0.2, -0.15) is 0 Å². The third-order valence-corrected chi connectivity index (χ3v) is 0.575. The number of nitrogens with zero attached hydrogens (tertiary/aromatic N) is 2. The number of hydrogen-bond donors (Lipinski definition) is 0. The van der Waals surface area contributed by atoms with Crippen LogP contribution in [-0.2, 0) is 0 Å². The first-order valence-electron chi connectivity index (χ1n) is 3.39. The van der Waals surface area contributed by atoms with Crippen molar-refractivity contribution in [3.05, 3.63) is 5.21 Å². The van der Waals surface area contributed by atoms with E-state index < -0.39 is 7.81 Å². The zero-order valence-corrected chi connectivity index (χ0v) is 9.07. The van der Waals surface area contributed by atoms with Crippen LogP contribution in [0, 0.1) is 5.21 Å². The zero-order chi connectivity index (χ0) is 13.0. The molecule has 0 unspecified atom stereocenters. The Labute approximate surface area is 82.1 Å². The van der Waals surface area contributed by atoms with Crippen molar-refractivity contribution in [3.8, 4) is 0 Å². The molecular weight excluding hydrogens is 249 g/mol. The molecule has 0 radical (unpaired) electrons. The molecule has 0 spiro atoms. The van der Waals surface area contributed by atoms with Crippen molar-refractivity contribution in [1.29, 1.82) is 0 Å². The molecule has 0 aliphatic carbocycles. The monoisotopic (exact) mass is 260 g/mol. The molecule has 0 atom stereocenters. The van der Waals surface area contributed by atoms with Crippen LogP contribution >= 0.6 is 7.81 Å². The fourth-order valence-electron chi connectivity index (χ4n) is 0.227. The van der Waals surface area contributed by atoms with Gasteiger partial charge in [-0.3, -0.25) is 0 Å². The van der Waals surface area contributed by atoms with Crippen LogP contribution in [0.5, 0.6) is 0 Å². The van der Waals surface area contributed by atoms with Gasteiger partial charge >= 0.3 is 33.0 Å². The van der Waals surface area contributed by atoms with Crippen molar-refractivity contribution in [3.63, 3.8) is 0 Å². The van der Waals surface area contributed by atoms with Crippen LogP contribution in [0.25, 0.3) is 0 Å². The third kappa shape index (κ3) is 94.9. The van der Waals surface area contributed by atoms with Crippen LogP contribution in [0.2, 0.25) is 0 Å². The summed E-state index contributed by atoms with van der Waals surface area (Å²) in [5.41, 5.74) is 0. The SMILES string of the molecule is C[N+](C)=CC=[N+](C)[O-].F[P-](F)(F)(F)(F)F. The Balaban J connectivity index is 0. The molecule has 94 valence electrons. The molecule has 0 fully saturated rings. The molecule has 0 amide bonds. The van der Waals surface area contributed by atoms with Crippen molar-refractivity contribution in [1.82, 2.24) is 0 Å². The van der Waals surface area contributed by atoms with E-state index >= 15 is 0 Å². The van der Waals surface area contributed by atoms with Gasteiger partial charge in [-0.15, -0.1) is 0 Å². The van der Waals surface area contributed by atoms with E-state index in [2.05, 4.69) is 0 Å². The number of halogens is 6. The quantitative estimate of drug-likeness (QED) is 0.178. The van der Waals surface area contributed by atoms with Crippen LogP contribution in [0.4, 0.5) is 25.2 Å². The van der Waals surface area contributed by atoms with E-state index in [1.807, 2.05) is 14.1 Å². The van der Waals surface area contributed by atoms with E-state index in [0.717, 1.165) is 4.74 Å². The molecule has 0 bridgehead atoms. The Morgan fingerprint density at radius 3 is 1.20 bits per heavy atom. The van der Waals surface area contributed by atoms with Gasteiger partial charge in [0.15, 0.2) is 0 Å². The number of hydroxylamine groups is 1. The van der Waals surface area contributed by atoms with E-state index in [-0.39, 0.29) is 0 Å². The summed E-state index contributed by atoms with van der Waals surface area (Å²) >= 11 is 0. The van der Waals surface area contributed by atoms with Gasteiger partial charge in [0.05, 0.1) is 0 Å². The maximum absolute atomic E-state index is 10.7. The molecule has 0 aromatic heterocycles. The Bertz CT molecular complexity index is 242. The molecule has 0 rings (SSSR count). The summed E-state index contributed by atoms with van der Waals surface area (Å²) in [5, 5.41) is 10.2. The topological polar surface area (TPSA) is 29.1 Å². The van der Waals surface area contributed by atoms with E-state index in [1.165, 1.54) is 13.3 Å². The molecule has 0 aliphatic rings. The van der Waals surface area contributed by atoms with Crippen molar-refractivity contribution < 1.29 is 34.5 Å². The second-order valence-electron chi connectivity index (χ2n) is 2.77. The summed E-state index contributed by atoms with van der Waals surface area (Å²) in [6.45, 7) is 0. The Morgan fingerprint density at radius 2 is 1.13 bits per heavy atom. The van der Waals surface area contributed by atoms with Gasteiger partial charge in [0.25, 0.3) is 0 Å². The van der Waals surface area contributed by atoms with E-state index in [9.17, 15) is 30.4 Å². The molecule has 0 aliphatic heterocycles. The fraction of sp³-hybridized carbons (Fsp3) is 0.600. The Kier molecular flexibility index (Phi) is 4.37. The van der Waals surface area contributed by atoms with Crippen LogP contribution in [0.15, 0.2) is 0 Å². The first-order valence-corrected chi connectivity index (χ1v) is 5.42. The van der Waals surface area contributed by atoms with Crippen LogP contribution in [0.3, 0.4) is 0 Å². The van der Waals surface area contributed by atoms with Crippen molar-refractivity contribution >= 4 is 20.2 Å². The molecule has 0 aromatic carbocycles. The minimum absolute atomic E-state index is 0.750. The van der Waals surface area contributed by atoms with Crippen molar-refractivity contribution in [2.45, 2.75) is 0 Å². The second kappa shape index (κ2) is 3.96. The molecule has 0 aromatic rings. The molecule has 0 saturated heterocycles. The Hall–Kier alpha value is -0.850. The van der Waals surface area contributed by atoms with Crippen LogP contribution in [0.1, 0.15) is 0 Å². The third-order valence-electron chi connectivity index (χ3n) is 0.575. The average molecular weight is 260 g/mol. The molecule has 15 heavy (non-hydrogen) atoms. The predicted octanol–water partition coefficient (Wildman–Crippen LogP) is 2.92. The first-order chi connectivity index (χ1) is 6.08. The molecular formula is C5H11F6N2OP. The summed E-state index contributed by atoms with van der Waals surface area (Å²) in [7, 11) is -5.49. The molecule has 10 heteroatoms. The van der Waals surface area contributed by atoms with E-state index in [0.29, 0.717) is 0 Å². The molecule has 0 N–H and O–H groups in total. The number of rotatable bonds is 1. The van der Waals surface area contributed by atoms with Crippen molar-refractivity contribution in [2.75, 3.05) is 21.1 Å². The first kappa shape index (κ1) is 16.6. The summed E-state index contributed by atoms with van der Waals surface area (Å²) in [4.78, 5) is 0. The van der Waals surface area contributed by atoms with Gasteiger partial charge < -0.3 is 5.21 Å². The van der Waals surface area contributed by atoms with Gasteiger partial charge in [0, 0.05) is 0 Å². The van der Waals surface area contributed by atoms with Gasteiger partial charge in [-0.25, -0.2) is 9.31 Å². The average Bonchev–Trinajstić information content (AvgIpc) is 1.75. The number of hydrogen-bond acceptors (Lipinski definition) is 1. The van der Waals surface area contributed by atoms with E-state index in [4.69, 9.17) is 0 Å². The summed E-state index contributed by atoms with van der Waals surface area (Å²) in [6, 6.07) is 0. The van der Waals surface area contributed by atoms with E-state index in [1.54, 1.807) is 10.8 Å². The van der Waals surface area contributed by atoms with Gasteiger partial charge in [0.1, 0.15) is 21.1 Å². The van der Waals surface area contributed by atoms with Gasteiger partial charge in [0.2, 0.25) is 12.4 Å². The molecule has 0 heterocycles.